The number of rotatable bonds is 3. The molecule has 5 rings (SSSR count). The molecule has 7 nitrogen and oxygen atoms in total. The molecule has 0 bridgehead atoms. The monoisotopic (exact) mass is 466 g/mol. The highest BCUT2D eigenvalue weighted by atomic mass is 32.2. The first-order valence-corrected chi connectivity index (χ1v) is 12.3. The number of hydrogen-bond donors (Lipinski definition) is 4. The van der Waals surface area contributed by atoms with E-state index in [4.69, 9.17) is 15.9 Å². The quantitative estimate of drug-likeness (QED) is 0.553. The first-order valence-electron chi connectivity index (χ1n) is 10.3. The smallest absolute Gasteiger partial charge is 0.316 e. The summed E-state index contributed by atoms with van der Waals surface area (Å²) in [4.78, 5) is 16.6. The molecule has 1 atom stereocenters. The van der Waals surface area contributed by atoms with E-state index in [0.29, 0.717) is 10.3 Å². The number of hydrogen-bond acceptors (Lipinski definition) is 5. The number of fused-ring (bicyclic) bond motifs is 3. The van der Waals surface area contributed by atoms with E-state index in [2.05, 4.69) is 5.32 Å². The maximum absolute atomic E-state index is 13.0. The summed E-state index contributed by atoms with van der Waals surface area (Å²) in [5.41, 5.74) is 10.6. The van der Waals surface area contributed by atoms with Gasteiger partial charge in [-0.15, -0.1) is 11.3 Å². The van der Waals surface area contributed by atoms with Gasteiger partial charge in [-0.1, -0.05) is 0 Å². The van der Waals surface area contributed by atoms with E-state index in [0.717, 1.165) is 48.8 Å². The van der Waals surface area contributed by atoms with Crippen LogP contribution in [0.25, 0.3) is 0 Å². The second-order valence-electron chi connectivity index (χ2n) is 8.96. The summed E-state index contributed by atoms with van der Waals surface area (Å²) in [6, 6.07) is 0.708. The zero-order valence-electron chi connectivity index (χ0n) is 17.6. The van der Waals surface area contributed by atoms with Gasteiger partial charge in [0.25, 0.3) is 0 Å². The summed E-state index contributed by atoms with van der Waals surface area (Å²) in [7, 11) is -1.82. The fraction of sp³-hybridized carbons (Fsp3) is 0.524. The number of aromatic nitrogens is 1. The number of carbonyl (C=O) groups is 1. The molecule has 0 radical (unpaired) electrons. The van der Waals surface area contributed by atoms with Crippen molar-refractivity contribution in [2.75, 3.05) is 5.32 Å². The standard InChI is InChI=1S/C14H17N3O.C7H10FNO2S2/c15-13(18)17-11-8-2-1-3-10(8)16-12-9(11)4-5-14(12)6-7-14;1-7(2,10)5-3-4(8)6(12-5)13(9)11/h1-7H2,(H3,15,16,17,18);3,10H,9H2,1-2H3. The zero-order chi connectivity index (χ0) is 22.6. The fourth-order valence-electron chi connectivity index (χ4n) is 4.49. The van der Waals surface area contributed by atoms with Crippen LogP contribution in [0, 0.1) is 5.82 Å². The second kappa shape index (κ2) is 7.91. The van der Waals surface area contributed by atoms with Gasteiger partial charge in [0.1, 0.15) is 15.2 Å². The molecule has 2 heterocycles. The van der Waals surface area contributed by atoms with E-state index >= 15 is 0 Å². The van der Waals surface area contributed by atoms with Crippen molar-refractivity contribution in [3.05, 3.63) is 39.3 Å². The number of thiophene rings is 1. The highest BCUT2D eigenvalue weighted by Crippen LogP contribution is 2.58. The minimum Gasteiger partial charge on any atom is -0.385 e. The van der Waals surface area contributed by atoms with Crippen LogP contribution in [0.1, 0.15) is 66.9 Å². The maximum Gasteiger partial charge on any atom is 0.316 e. The van der Waals surface area contributed by atoms with Crippen LogP contribution in [0.5, 0.6) is 0 Å². The van der Waals surface area contributed by atoms with E-state index in [9.17, 15) is 18.5 Å². The van der Waals surface area contributed by atoms with Crippen LogP contribution in [0.3, 0.4) is 0 Å². The highest BCUT2D eigenvalue weighted by molar-refractivity contribution is 7.85. The third kappa shape index (κ3) is 4.26. The van der Waals surface area contributed by atoms with Gasteiger partial charge in [-0.2, -0.15) is 0 Å². The molecule has 1 saturated carbocycles. The van der Waals surface area contributed by atoms with Crippen molar-refractivity contribution < 1.29 is 18.5 Å². The van der Waals surface area contributed by atoms with E-state index < -0.39 is 28.4 Å². The summed E-state index contributed by atoms with van der Waals surface area (Å²) in [6.07, 6.45) is 8.00. The Morgan fingerprint density at radius 2 is 2.00 bits per heavy atom. The number of aliphatic hydroxyl groups is 1. The van der Waals surface area contributed by atoms with Crippen molar-refractivity contribution in [3.8, 4) is 0 Å². The molecule has 0 saturated heterocycles. The molecule has 2 aromatic heterocycles. The van der Waals surface area contributed by atoms with Crippen LogP contribution in [0.4, 0.5) is 14.9 Å². The van der Waals surface area contributed by atoms with Crippen molar-refractivity contribution in [2.24, 2.45) is 10.9 Å². The number of nitrogens with one attached hydrogen (secondary N) is 1. The number of pyridine rings is 1. The van der Waals surface area contributed by atoms with Crippen molar-refractivity contribution in [2.45, 2.75) is 74.0 Å². The van der Waals surface area contributed by atoms with Crippen LogP contribution in [-0.2, 0) is 41.3 Å². The molecule has 2 aromatic rings. The Hall–Kier alpha value is -1.88. The number of halogens is 1. The average Bonchev–Trinajstić information content (AvgIpc) is 3.00. The molecule has 0 aromatic carbocycles. The normalized spacial score (nSPS) is 18.7. The van der Waals surface area contributed by atoms with Gasteiger partial charge in [0.05, 0.1) is 17.0 Å². The van der Waals surface area contributed by atoms with Gasteiger partial charge in [-0.05, 0) is 76.0 Å². The Bertz CT molecular complexity index is 1070. The van der Waals surface area contributed by atoms with E-state index in [-0.39, 0.29) is 4.21 Å². The number of aryl methyl sites for hydroxylation is 1. The predicted molar refractivity (Wildman–Crippen MR) is 119 cm³/mol. The molecule has 1 fully saturated rings. The minimum absolute atomic E-state index is 0.0304. The lowest BCUT2D eigenvalue weighted by Gasteiger charge is -2.15. The summed E-state index contributed by atoms with van der Waals surface area (Å²) in [5.74, 6) is -0.622. The number of urea groups is 1. The Morgan fingerprint density at radius 3 is 2.52 bits per heavy atom. The number of nitrogens with two attached hydrogens (primary N) is 2. The van der Waals surface area contributed by atoms with Crippen LogP contribution in [-0.4, -0.2) is 20.3 Å². The minimum atomic E-state index is -1.82. The molecular formula is C21H27FN4O3S2. The van der Waals surface area contributed by atoms with Crippen molar-refractivity contribution in [3.63, 3.8) is 0 Å². The lowest BCUT2D eigenvalue weighted by Crippen LogP contribution is -2.22. The first kappa shape index (κ1) is 22.3. The van der Waals surface area contributed by atoms with Crippen LogP contribution in [0.15, 0.2) is 10.3 Å². The average molecular weight is 467 g/mol. The SMILES string of the molecule is CC(C)(O)c1cc(F)c(S(N)=O)s1.NC(=O)Nc1c2c(nc3c1CCC31CC1)CCC2. The molecule has 6 N–H and O–H groups in total. The molecular weight excluding hydrogens is 439 g/mol. The number of anilines is 1. The third-order valence-electron chi connectivity index (χ3n) is 6.22. The number of nitrogens with zero attached hydrogens (tertiary/aromatic N) is 1. The third-order valence-corrected chi connectivity index (χ3v) is 8.74. The van der Waals surface area contributed by atoms with Gasteiger partial charge < -0.3 is 16.2 Å². The van der Waals surface area contributed by atoms with E-state index in [1.54, 1.807) is 0 Å². The Balaban J connectivity index is 0.000000159. The Kier molecular flexibility index (Phi) is 5.70. The predicted octanol–water partition coefficient (Wildman–Crippen LogP) is 3.13. The van der Waals surface area contributed by atoms with Crippen LogP contribution >= 0.6 is 11.3 Å². The molecule has 31 heavy (non-hydrogen) atoms. The topological polar surface area (TPSA) is 131 Å². The van der Waals surface area contributed by atoms with Gasteiger partial charge in [0.2, 0.25) is 0 Å². The van der Waals surface area contributed by atoms with E-state index in [1.807, 2.05) is 0 Å². The van der Waals surface area contributed by atoms with E-state index in [1.165, 1.54) is 55.6 Å². The lowest BCUT2D eigenvalue weighted by molar-refractivity contribution is 0.0823. The van der Waals surface area contributed by atoms with Gasteiger partial charge in [0, 0.05) is 16.0 Å². The zero-order valence-corrected chi connectivity index (χ0v) is 19.2. The van der Waals surface area contributed by atoms with Crippen molar-refractivity contribution >= 4 is 34.0 Å². The summed E-state index contributed by atoms with van der Waals surface area (Å²) >= 11 is 0.924. The fourth-order valence-corrected chi connectivity index (χ4v) is 6.11. The Labute approximate surface area is 187 Å². The summed E-state index contributed by atoms with van der Waals surface area (Å²) in [5, 5.41) is 17.4. The second-order valence-corrected chi connectivity index (χ2v) is 11.3. The molecule has 2 amide bonds. The number of primary amides is 1. The molecule has 3 aliphatic carbocycles. The molecule has 10 heteroatoms. The van der Waals surface area contributed by atoms with Crippen LogP contribution < -0.4 is 16.2 Å². The molecule has 1 unspecified atom stereocenters. The molecule has 3 aliphatic rings. The van der Waals surface area contributed by atoms with Gasteiger partial charge in [0.15, 0.2) is 5.82 Å². The van der Waals surface area contributed by atoms with Gasteiger partial charge in [-0.3, -0.25) is 4.98 Å². The largest absolute Gasteiger partial charge is 0.385 e. The van der Waals surface area contributed by atoms with Gasteiger partial charge >= 0.3 is 6.03 Å². The summed E-state index contributed by atoms with van der Waals surface area (Å²) in [6.45, 7) is 3.06. The van der Waals surface area contributed by atoms with Gasteiger partial charge in [-0.25, -0.2) is 18.5 Å². The molecule has 1 spiro atoms. The Morgan fingerprint density at radius 1 is 1.29 bits per heavy atom. The van der Waals surface area contributed by atoms with Crippen molar-refractivity contribution in [1.82, 2.24) is 4.98 Å². The number of amides is 2. The van der Waals surface area contributed by atoms with Crippen LogP contribution in [0.2, 0.25) is 0 Å². The van der Waals surface area contributed by atoms with Crippen molar-refractivity contribution in [1.29, 1.82) is 0 Å². The maximum atomic E-state index is 13.0. The number of carbonyl (C=O) groups excluding carboxylic acids is 1. The molecule has 168 valence electrons. The summed E-state index contributed by atoms with van der Waals surface area (Å²) < 4.78 is 23.8. The lowest BCUT2D eigenvalue weighted by atomic mass is 10.0. The highest BCUT2D eigenvalue weighted by Gasteiger charge is 2.51. The molecule has 0 aliphatic heterocycles. The first-order chi connectivity index (χ1) is 14.5.